The Bertz CT molecular complexity index is 739. The van der Waals surface area contributed by atoms with Crippen LogP contribution < -0.4 is 4.74 Å². The van der Waals surface area contributed by atoms with E-state index in [0.29, 0.717) is 0 Å². The number of aryl methyl sites for hydroxylation is 2. The number of hydrogen-bond acceptors (Lipinski definition) is 4. The molecule has 0 N–H and O–H groups in total. The fourth-order valence-electron chi connectivity index (χ4n) is 3.45. The van der Waals surface area contributed by atoms with Crippen molar-refractivity contribution in [2.24, 2.45) is 0 Å². The predicted molar refractivity (Wildman–Crippen MR) is 107 cm³/mol. The van der Waals surface area contributed by atoms with Crippen LogP contribution in [-0.2, 0) is 13.0 Å². The summed E-state index contributed by atoms with van der Waals surface area (Å²) in [6.45, 7) is 8.77. The van der Waals surface area contributed by atoms with Crippen molar-refractivity contribution in [1.29, 1.82) is 0 Å². The molecule has 4 nitrogen and oxygen atoms in total. The highest BCUT2D eigenvalue weighted by molar-refractivity contribution is 7.14. The number of rotatable bonds is 5. The van der Waals surface area contributed by atoms with Gasteiger partial charge in [0.1, 0.15) is 5.75 Å². The second kappa shape index (κ2) is 8.69. The van der Waals surface area contributed by atoms with Gasteiger partial charge in [0.05, 0.1) is 12.0 Å². The summed E-state index contributed by atoms with van der Waals surface area (Å²) in [7, 11) is 1.69. The minimum absolute atomic E-state index is 0.198. The van der Waals surface area contributed by atoms with Crippen LogP contribution in [0.1, 0.15) is 39.0 Å². The molecule has 0 bridgehead atoms. The summed E-state index contributed by atoms with van der Waals surface area (Å²) in [6.07, 6.45) is 2.01. The summed E-state index contributed by atoms with van der Waals surface area (Å²) < 4.78 is 5.22. The Labute approximate surface area is 160 Å². The van der Waals surface area contributed by atoms with Gasteiger partial charge in [-0.3, -0.25) is 9.69 Å². The standard InChI is InChI=1S/C21H28N2O2S/c1-4-18-14-20(26-16(18)2)21(24)23-11-5-10-22(12-13-23)15-17-6-8-19(25-3)9-7-17/h6-9,14H,4-5,10-13,15H2,1-3H3. The van der Waals surface area contributed by atoms with Gasteiger partial charge < -0.3 is 9.64 Å². The van der Waals surface area contributed by atoms with Crippen LogP contribution in [0.15, 0.2) is 30.3 Å². The Balaban J connectivity index is 1.59. The molecule has 0 aliphatic carbocycles. The molecular formula is C21H28N2O2S. The predicted octanol–water partition coefficient (Wildman–Crippen LogP) is 3.98. The Morgan fingerprint density at radius 3 is 2.58 bits per heavy atom. The monoisotopic (exact) mass is 372 g/mol. The maximum atomic E-state index is 12.9. The SMILES string of the molecule is CCc1cc(C(=O)N2CCCN(Cc3ccc(OC)cc3)CC2)sc1C. The largest absolute Gasteiger partial charge is 0.497 e. The lowest BCUT2D eigenvalue weighted by atomic mass is 10.2. The number of hydrogen-bond donors (Lipinski definition) is 0. The first-order chi connectivity index (χ1) is 12.6. The molecule has 1 aromatic heterocycles. The highest BCUT2D eigenvalue weighted by Crippen LogP contribution is 2.24. The third-order valence-corrected chi connectivity index (χ3v) is 6.13. The normalized spacial score (nSPS) is 15.7. The van der Waals surface area contributed by atoms with Gasteiger partial charge in [-0.05, 0) is 49.1 Å². The van der Waals surface area contributed by atoms with Gasteiger partial charge in [-0.1, -0.05) is 19.1 Å². The number of amides is 1. The fraction of sp³-hybridized carbons (Fsp3) is 0.476. The summed E-state index contributed by atoms with van der Waals surface area (Å²) in [6, 6.07) is 10.3. The van der Waals surface area contributed by atoms with Crippen molar-refractivity contribution in [3.8, 4) is 5.75 Å². The van der Waals surface area contributed by atoms with Crippen molar-refractivity contribution in [2.75, 3.05) is 33.3 Å². The lowest BCUT2D eigenvalue weighted by molar-refractivity contribution is 0.0766. The van der Waals surface area contributed by atoms with Crippen LogP contribution in [0.2, 0.25) is 0 Å². The molecule has 3 rings (SSSR count). The van der Waals surface area contributed by atoms with E-state index in [2.05, 4.69) is 36.9 Å². The van der Waals surface area contributed by atoms with Gasteiger partial charge in [0.25, 0.3) is 5.91 Å². The van der Waals surface area contributed by atoms with E-state index in [9.17, 15) is 4.79 Å². The van der Waals surface area contributed by atoms with Crippen LogP contribution in [0, 0.1) is 6.92 Å². The Hall–Kier alpha value is -1.85. The average Bonchev–Trinajstić information content (AvgIpc) is 2.89. The second-order valence-electron chi connectivity index (χ2n) is 6.82. The smallest absolute Gasteiger partial charge is 0.263 e. The summed E-state index contributed by atoms with van der Waals surface area (Å²) in [4.78, 5) is 19.5. The summed E-state index contributed by atoms with van der Waals surface area (Å²) in [5.74, 6) is 1.09. The zero-order chi connectivity index (χ0) is 18.5. The number of thiophene rings is 1. The molecule has 1 aromatic carbocycles. The van der Waals surface area contributed by atoms with E-state index in [1.54, 1.807) is 18.4 Å². The van der Waals surface area contributed by atoms with Crippen LogP contribution in [0.4, 0.5) is 0 Å². The molecule has 2 heterocycles. The molecule has 1 fully saturated rings. The summed E-state index contributed by atoms with van der Waals surface area (Å²) in [5, 5.41) is 0. The molecule has 1 amide bonds. The van der Waals surface area contributed by atoms with E-state index in [0.717, 1.165) is 56.2 Å². The van der Waals surface area contributed by atoms with Crippen LogP contribution in [0.3, 0.4) is 0 Å². The van der Waals surface area contributed by atoms with E-state index in [-0.39, 0.29) is 5.91 Å². The maximum absolute atomic E-state index is 12.9. The maximum Gasteiger partial charge on any atom is 0.263 e. The molecule has 1 aliphatic heterocycles. The van der Waals surface area contributed by atoms with Crippen molar-refractivity contribution >= 4 is 17.2 Å². The van der Waals surface area contributed by atoms with E-state index >= 15 is 0 Å². The minimum Gasteiger partial charge on any atom is -0.497 e. The summed E-state index contributed by atoms with van der Waals surface area (Å²) in [5.41, 5.74) is 2.58. The molecule has 26 heavy (non-hydrogen) atoms. The van der Waals surface area contributed by atoms with Crippen LogP contribution in [-0.4, -0.2) is 49.0 Å². The van der Waals surface area contributed by atoms with Crippen LogP contribution in [0.5, 0.6) is 5.75 Å². The van der Waals surface area contributed by atoms with Crippen LogP contribution >= 0.6 is 11.3 Å². The van der Waals surface area contributed by atoms with Crippen LogP contribution in [0.25, 0.3) is 0 Å². The number of carbonyl (C=O) groups excluding carboxylic acids is 1. The molecule has 0 spiro atoms. The van der Waals surface area contributed by atoms with Gasteiger partial charge in [0.15, 0.2) is 0 Å². The quantitative estimate of drug-likeness (QED) is 0.796. The lowest BCUT2D eigenvalue weighted by Gasteiger charge is -2.21. The van der Waals surface area contributed by atoms with Gasteiger partial charge in [-0.25, -0.2) is 0 Å². The third kappa shape index (κ3) is 4.46. The number of nitrogens with zero attached hydrogens (tertiary/aromatic N) is 2. The Morgan fingerprint density at radius 1 is 1.15 bits per heavy atom. The highest BCUT2D eigenvalue weighted by Gasteiger charge is 2.22. The van der Waals surface area contributed by atoms with Gasteiger partial charge in [-0.15, -0.1) is 11.3 Å². The molecule has 5 heteroatoms. The number of benzene rings is 1. The van der Waals surface area contributed by atoms with Crippen molar-refractivity contribution in [3.05, 3.63) is 51.2 Å². The first-order valence-electron chi connectivity index (χ1n) is 9.34. The topological polar surface area (TPSA) is 32.8 Å². The van der Waals surface area contributed by atoms with E-state index < -0.39 is 0 Å². The highest BCUT2D eigenvalue weighted by atomic mass is 32.1. The molecule has 0 saturated carbocycles. The van der Waals surface area contributed by atoms with Gasteiger partial charge >= 0.3 is 0 Å². The zero-order valence-corrected chi connectivity index (χ0v) is 16.8. The molecule has 0 atom stereocenters. The molecule has 2 aromatic rings. The lowest BCUT2D eigenvalue weighted by Crippen LogP contribution is -2.34. The van der Waals surface area contributed by atoms with Crippen molar-refractivity contribution in [1.82, 2.24) is 9.80 Å². The minimum atomic E-state index is 0.198. The van der Waals surface area contributed by atoms with Crippen molar-refractivity contribution in [2.45, 2.75) is 33.2 Å². The molecule has 0 radical (unpaired) electrons. The molecule has 0 unspecified atom stereocenters. The van der Waals surface area contributed by atoms with Crippen molar-refractivity contribution < 1.29 is 9.53 Å². The first kappa shape index (κ1) is 18.9. The molecule has 140 valence electrons. The second-order valence-corrected chi connectivity index (χ2v) is 8.07. The van der Waals surface area contributed by atoms with E-state index in [1.807, 2.05) is 17.0 Å². The average molecular weight is 373 g/mol. The Kier molecular flexibility index (Phi) is 6.33. The number of methoxy groups -OCH3 is 1. The third-order valence-electron chi connectivity index (χ3n) is 5.05. The number of carbonyl (C=O) groups is 1. The van der Waals surface area contributed by atoms with Gasteiger partial charge in [0.2, 0.25) is 0 Å². The van der Waals surface area contributed by atoms with Gasteiger partial charge in [0, 0.05) is 37.6 Å². The zero-order valence-electron chi connectivity index (χ0n) is 16.0. The van der Waals surface area contributed by atoms with E-state index in [4.69, 9.17) is 4.74 Å². The molecule has 1 aliphatic rings. The number of ether oxygens (including phenoxy) is 1. The van der Waals surface area contributed by atoms with Crippen molar-refractivity contribution in [3.63, 3.8) is 0 Å². The van der Waals surface area contributed by atoms with E-state index in [1.165, 1.54) is 16.0 Å². The summed E-state index contributed by atoms with van der Waals surface area (Å²) >= 11 is 1.64. The molecular weight excluding hydrogens is 344 g/mol. The Morgan fingerprint density at radius 2 is 1.92 bits per heavy atom. The first-order valence-corrected chi connectivity index (χ1v) is 10.2. The molecule has 1 saturated heterocycles. The van der Waals surface area contributed by atoms with Gasteiger partial charge in [-0.2, -0.15) is 0 Å². The fourth-order valence-corrected chi connectivity index (χ4v) is 4.54.